The molecule has 2 heterocycles. The smallest absolute Gasteiger partial charge is 0.411 e. The van der Waals surface area contributed by atoms with Crippen molar-refractivity contribution in [3.8, 4) is 22.6 Å². The summed E-state index contributed by atoms with van der Waals surface area (Å²) in [5, 5.41) is 17.9. The number of H-pyrrole nitrogens is 1. The Morgan fingerprint density at radius 2 is 1.65 bits per heavy atom. The summed E-state index contributed by atoms with van der Waals surface area (Å²) < 4.78 is 18.8. The van der Waals surface area contributed by atoms with Gasteiger partial charge in [0.1, 0.15) is 17.6 Å². The van der Waals surface area contributed by atoms with E-state index in [-0.39, 0.29) is 28.6 Å². The minimum Gasteiger partial charge on any atom is -0.506 e. The fourth-order valence-corrected chi connectivity index (χ4v) is 8.26. The molecule has 5 aromatic rings. The Morgan fingerprint density at radius 1 is 0.930 bits per heavy atom. The third kappa shape index (κ3) is 11.3. The van der Waals surface area contributed by atoms with E-state index >= 15 is 0 Å². The first kappa shape index (κ1) is 41.7. The van der Waals surface area contributed by atoms with Crippen molar-refractivity contribution < 1.29 is 23.8 Å². The van der Waals surface area contributed by atoms with E-state index in [2.05, 4.69) is 66.5 Å². The van der Waals surface area contributed by atoms with Crippen LogP contribution >= 0.6 is 0 Å². The zero-order valence-corrected chi connectivity index (χ0v) is 35.0. The predicted molar refractivity (Wildman–Crippen MR) is 232 cm³/mol. The summed E-state index contributed by atoms with van der Waals surface area (Å²) in [6.07, 6.45) is 2.62. The van der Waals surface area contributed by atoms with Crippen LogP contribution in [0.15, 0.2) is 108 Å². The Bertz CT molecular complexity index is 2130. The minimum absolute atomic E-state index is 0.0152. The number of ether oxygens (including phenoxy) is 2. The number of piperidine rings is 1. The van der Waals surface area contributed by atoms with Gasteiger partial charge in [-0.2, -0.15) is 0 Å². The number of phenols is 1. The van der Waals surface area contributed by atoms with Crippen LogP contribution in [0.3, 0.4) is 0 Å². The first-order valence-corrected chi connectivity index (χ1v) is 23.1. The molecule has 1 saturated heterocycles. The first-order valence-electron chi connectivity index (χ1n) is 20.2. The normalized spacial score (nSPS) is 14.7. The molecule has 0 spiro atoms. The average Bonchev–Trinajstić information content (AvgIpc) is 3.19. The number of aromatic amines is 1. The van der Waals surface area contributed by atoms with Crippen molar-refractivity contribution in [3.63, 3.8) is 0 Å². The summed E-state index contributed by atoms with van der Waals surface area (Å²) >= 11 is 0. The van der Waals surface area contributed by atoms with Gasteiger partial charge in [-0.05, 0) is 97.4 Å². The summed E-state index contributed by atoms with van der Waals surface area (Å²) in [7, 11) is -2.16. The number of para-hydroxylation sites is 1. The van der Waals surface area contributed by atoms with Crippen LogP contribution in [0.1, 0.15) is 57.3 Å². The minimum atomic E-state index is -2.16. The molecule has 1 aliphatic rings. The van der Waals surface area contributed by atoms with Crippen LogP contribution in [-0.4, -0.2) is 74.8 Å². The van der Waals surface area contributed by atoms with Gasteiger partial charge in [-0.1, -0.05) is 87.5 Å². The summed E-state index contributed by atoms with van der Waals surface area (Å²) in [5.41, 5.74) is 5.09. The molecule has 1 atom stereocenters. The Morgan fingerprint density at radius 3 is 2.39 bits per heavy atom. The van der Waals surface area contributed by atoms with Gasteiger partial charge < -0.3 is 34.2 Å². The zero-order valence-electron chi connectivity index (χ0n) is 34.0. The van der Waals surface area contributed by atoms with Crippen molar-refractivity contribution in [2.45, 2.75) is 76.8 Å². The van der Waals surface area contributed by atoms with Crippen LogP contribution in [0.25, 0.3) is 22.0 Å². The second kappa shape index (κ2) is 19.0. The van der Waals surface area contributed by atoms with Crippen LogP contribution in [0.4, 0.5) is 10.5 Å². The number of benzene rings is 4. The number of phenolic OH excluding ortho intramolecular Hbond substituents is 1. The molecule has 1 amide bonds. The number of hydrogen-bond donors (Lipinski definition) is 4. The number of rotatable bonds is 16. The SMILES string of the molecule is CC(C)(C)[Si](C)(C)O[C@H](CNCCc1ccc(OCCCN2CCC(OC(=O)Nc3ccccc3-c3ccccc3)CC2)cc1)c1ccc(O)c2[nH]c(=O)ccc12. The van der Waals surface area contributed by atoms with Crippen LogP contribution < -0.4 is 20.9 Å². The summed E-state index contributed by atoms with van der Waals surface area (Å²) in [6.45, 7) is 15.9. The number of nitrogens with one attached hydrogen (secondary N) is 3. The number of anilines is 1. The average molecular weight is 791 g/mol. The molecule has 0 bridgehead atoms. The Kier molecular flexibility index (Phi) is 13.9. The predicted octanol–water partition coefficient (Wildman–Crippen LogP) is 9.28. The monoisotopic (exact) mass is 790 g/mol. The molecule has 0 aliphatic carbocycles. The van der Waals surface area contributed by atoms with Gasteiger partial charge in [0.05, 0.1) is 23.9 Å². The van der Waals surface area contributed by atoms with Gasteiger partial charge in [-0.3, -0.25) is 10.1 Å². The standard InChI is InChI=1S/C46H58N4O6Si/c1-46(2,3)57(4,5)56-42(38-20-22-41(51)44-39(38)21-23-43(52)49-44)32-47-27-24-33-16-18-35(19-17-33)54-31-11-28-50-29-25-36(26-30-50)55-45(53)48-40-15-10-9-14-37(40)34-12-7-6-8-13-34/h6-10,12-23,36,42,47,51H,11,24-32H2,1-5H3,(H,48,53)(H,49,52)/t42-/m1/s1. The highest BCUT2D eigenvalue weighted by Crippen LogP contribution is 2.41. The molecule has 1 fully saturated rings. The second-order valence-corrected chi connectivity index (χ2v) is 21.2. The third-order valence-corrected chi connectivity index (χ3v) is 15.8. The lowest BCUT2D eigenvalue weighted by Crippen LogP contribution is -2.43. The molecule has 0 saturated carbocycles. The number of carbonyl (C=O) groups is 1. The fraction of sp³-hybridized carbons (Fsp3) is 0.391. The first-order chi connectivity index (χ1) is 27.4. The third-order valence-electron chi connectivity index (χ3n) is 11.3. The van der Waals surface area contributed by atoms with Crippen molar-refractivity contribution >= 4 is 31.0 Å². The van der Waals surface area contributed by atoms with E-state index in [9.17, 15) is 14.7 Å². The number of aromatic hydroxyl groups is 1. The molecule has 1 aromatic heterocycles. The molecular formula is C46H58N4O6Si. The van der Waals surface area contributed by atoms with E-state index in [1.807, 2.05) is 72.8 Å². The Labute approximate surface area is 337 Å². The van der Waals surface area contributed by atoms with Gasteiger partial charge in [0, 0.05) is 43.2 Å². The number of pyridine rings is 1. The highest BCUT2D eigenvalue weighted by molar-refractivity contribution is 6.74. The largest absolute Gasteiger partial charge is 0.506 e. The molecule has 57 heavy (non-hydrogen) atoms. The van der Waals surface area contributed by atoms with Crippen molar-refractivity contribution in [1.82, 2.24) is 15.2 Å². The van der Waals surface area contributed by atoms with Gasteiger partial charge in [0.25, 0.3) is 0 Å². The maximum atomic E-state index is 12.8. The van der Waals surface area contributed by atoms with E-state index in [4.69, 9.17) is 13.9 Å². The topological polar surface area (TPSA) is 125 Å². The number of hydrogen-bond acceptors (Lipinski definition) is 8. The molecule has 11 heteroatoms. The number of carbonyl (C=O) groups excluding carboxylic acids is 1. The molecular weight excluding hydrogens is 733 g/mol. The quantitative estimate of drug-likeness (QED) is 0.0576. The molecule has 6 rings (SSSR count). The van der Waals surface area contributed by atoms with Gasteiger partial charge in [-0.15, -0.1) is 0 Å². The number of likely N-dealkylation sites (tertiary alicyclic amines) is 1. The van der Waals surface area contributed by atoms with Gasteiger partial charge in [0.15, 0.2) is 8.32 Å². The molecule has 0 unspecified atom stereocenters. The fourth-order valence-electron chi connectivity index (χ4n) is 6.99. The van der Waals surface area contributed by atoms with E-state index in [0.29, 0.717) is 18.7 Å². The highest BCUT2D eigenvalue weighted by atomic mass is 28.4. The lowest BCUT2D eigenvalue weighted by atomic mass is 10.0. The van der Waals surface area contributed by atoms with Gasteiger partial charge in [0.2, 0.25) is 5.56 Å². The Hall–Kier alpha value is -4.94. The lowest BCUT2D eigenvalue weighted by Gasteiger charge is -2.39. The number of amides is 1. The van der Waals surface area contributed by atoms with E-state index in [0.717, 1.165) is 85.4 Å². The molecule has 0 radical (unpaired) electrons. The Balaban J connectivity index is 0.903. The van der Waals surface area contributed by atoms with E-state index < -0.39 is 14.4 Å². The highest BCUT2D eigenvalue weighted by Gasteiger charge is 2.39. The molecule has 10 nitrogen and oxygen atoms in total. The van der Waals surface area contributed by atoms with E-state index in [1.165, 1.54) is 11.6 Å². The molecule has 1 aliphatic heterocycles. The van der Waals surface area contributed by atoms with Gasteiger partial charge in [-0.25, -0.2) is 4.79 Å². The van der Waals surface area contributed by atoms with Crippen molar-refractivity contribution in [2.24, 2.45) is 0 Å². The number of nitrogens with zero attached hydrogens (tertiary/aromatic N) is 1. The summed E-state index contributed by atoms with van der Waals surface area (Å²) in [5.74, 6) is 0.907. The molecule has 4 N–H and O–H groups in total. The van der Waals surface area contributed by atoms with Crippen LogP contribution in [0.5, 0.6) is 11.5 Å². The van der Waals surface area contributed by atoms with Crippen LogP contribution in [-0.2, 0) is 15.6 Å². The number of aromatic nitrogens is 1. The van der Waals surface area contributed by atoms with Gasteiger partial charge >= 0.3 is 6.09 Å². The maximum absolute atomic E-state index is 12.8. The van der Waals surface area contributed by atoms with Crippen molar-refractivity contribution in [1.29, 1.82) is 0 Å². The number of fused-ring (bicyclic) bond motifs is 1. The molecule has 4 aromatic carbocycles. The maximum Gasteiger partial charge on any atom is 0.411 e. The van der Waals surface area contributed by atoms with Crippen molar-refractivity contribution in [2.75, 3.05) is 44.6 Å². The lowest BCUT2D eigenvalue weighted by molar-refractivity contribution is 0.0575. The van der Waals surface area contributed by atoms with Crippen LogP contribution in [0.2, 0.25) is 18.1 Å². The van der Waals surface area contributed by atoms with Crippen molar-refractivity contribution in [3.05, 3.63) is 125 Å². The second-order valence-electron chi connectivity index (χ2n) is 16.4. The summed E-state index contributed by atoms with van der Waals surface area (Å²) in [6, 6.07) is 32.9. The molecule has 302 valence electrons. The zero-order chi connectivity index (χ0) is 40.4. The van der Waals surface area contributed by atoms with E-state index in [1.54, 1.807) is 12.1 Å². The summed E-state index contributed by atoms with van der Waals surface area (Å²) in [4.78, 5) is 30.0. The van der Waals surface area contributed by atoms with Crippen LogP contribution in [0, 0.1) is 0 Å².